The number of hydrogen-bond donors (Lipinski definition) is 2. The van der Waals surface area contributed by atoms with Gasteiger partial charge in [-0.25, -0.2) is 10.4 Å². The molecule has 0 saturated heterocycles. The average Bonchev–Trinajstić information content (AvgIpc) is 2.95. The van der Waals surface area contributed by atoms with Crippen LogP contribution in [0, 0.1) is 0 Å². The Morgan fingerprint density at radius 3 is 2.74 bits per heavy atom. The van der Waals surface area contributed by atoms with E-state index >= 15 is 0 Å². The molecular formula is C15H21N5O2S. The molecule has 0 radical (unpaired) electrons. The predicted octanol–water partition coefficient (Wildman–Crippen LogP) is 1.21. The van der Waals surface area contributed by atoms with Gasteiger partial charge in [-0.3, -0.25) is 9.59 Å². The molecule has 7 nitrogen and oxygen atoms in total. The number of carbonyl (C=O) groups is 2. The molecule has 1 aromatic heterocycles. The van der Waals surface area contributed by atoms with Crippen molar-refractivity contribution in [2.45, 2.75) is 55.0 Å². The molecule has 1 aliphatic carbocycles. The number of thioether (sulfide) groups is 1. The van der Waals surface area contributed by atoms with Crippen molar-refractivity contribution in [1.82, 2.24) is 20.3 Å². The number of rotatable bonds is 4. The van der Waals surface area contributed by atoms with Crippen LogP contribution in [-0.4, -0.2) is 38.4 Å². The number of hydrogen-bond acceptors (Lipinski definition) is 5. The Hall–Kier alpha value is -1.83. The van der Waals surface area contributed by atoms with Crippen LogP contribution in [0.1, 0.15) is 38.5 Å². The monoisotopic (exact) mass is 335 g/mol. The van der Waals surface area contributed by atoms with E-state index in [1.165, 1.54) is 0 Å². The van der Waals surface area contributed by atoms with E-state index in [1.54, 1.807) is 0 Å². The minimum absolute atomic E-state index is 0.131. The van der Waals surface area contributed by atoms with Crippen molar-refractivity contribution in [3.8, 4) is 0 Å². The van der Waals surface area contributed by atoms with E-state index in [-0.39, 0.29) is 17.9 Å². The molecule has 1 aromatic rings. The van der Waals surface area contributed by atoms with Crippen molar-refractivity contribution in [2.24, 2.45) is 12.1 Å². The highest BCUT2D eigenvalue weighted by Gasteiger charge is 2.26. The van der Waals surface area contributed by atoms with E-state index in [2.05, 4.69) is 20.8 Å². The summed E-state index contributed by atoms with van der Waals surface area (Å²) in [6.45, 7) is 0. The zero-order chi connectivity index (χ0) is 16.2. The van der Waals surface area contributed by atoms with Crippen LogP contribution in [0.15, 0.2) is 22.7 Å². The molecule has 2 amide bonds. The molecule has 2 aliphatic rings. The number of nitrogens with zero attached hydrogens (tertiary/aromatic N) is 3. The third-order valence-corrected chi connectivity index (χ3v) is 5.63. The van der Waals surface area contributed by atoms with Gasteiger partial charge in [-0.1, -0.05) is 11.8 Å². The lowest BCUT2D eigenvalue weighted by Gasteiger charge is -2.28. The van der Waals surface area contributed by atoms with E-state index in [1.807, 2.05) is 35.8 Å². The first kappa shape index (κ1) is 16.0. The van der Waals surface area contributed by atoms with Crippen LogP contribution in [0.5, 0.6) is 0 Å². The lowest BCUT2D eigenvalue weighted by Crippen LogP contribution is -2.43. The van der Waals surface area contributed by atoms with Crippen LogP contribution in [0.3, 0.4) is 0 Å². The zero-order valence-corrected chi connectivity index (χ0v) is 13.9. The van der Waals surface area contributed by atoms with Gasteiger partial charge in [-0.05, 0) is 25.7 Å². The minimum Gasteiger partial charge on any atom is -0.348 e. The van der Waals surface area contributed by atoms with Gasteiger partial charge in [0.2, 0.25) is 5.91 Å². The second kappa shape index (κ2) is 7.16. The summed E-state index contributed by atoms with van der Waals surface area (Å²) in [5, 5.41) is 8.48. The van der Waals surface area contributed by atoms with Gasteiger partial charge in [-0.15, -0.1) is 0 Å². The van der Waals surface area contributed by atoms with Gasteiger partial charge in [0.25, 0.3) is 5.91 Å². The average molecular weight is 335 g/mol. The SMILES string of the molecule is Cn1ccnc1SC1CCC(NC(=O)C2=NNC(=O)CC2)CC1. The van der Waals surface area contributed by atoms with Gasteiger partial charge in [0.15, 0.2) is 5.16 Å². The Labute approximate surface area is 139 Å². The molecule has 0 spiro atoms. The second-order valence-corrected chi connectivity index (χ2v) is 7.25. The highest BCUT2D eigenvalue weighted by molar-refractivity contribution is 7.99. The first-order chi connectivity index (χ1) is 11.1. The molecular weight excluding hydrogens is 314 g/mol. The number of carbonyl (C=O) groups excluding carboxylic acids is 2. The lowest BCUT2D eigenvalue weighted by atomic mass is 9.94. The smallest absolute Gasteiger partial charge is 0.267 e. The third-order valence-electron chi connectivity index (χ3n) is 4.23. The molecule has 3 rings (SSSR count). The largest absolute Gasteiger partial charge is 0.348 e. The van der Waals surface area contributed by atoms with E-state index in [4.69, 9.17) is 0 Å². The fourth-order valence-corrected chi connectivity index (χ4v) is 4.00. The third kappa shape index (κ3) is 4.13. The Kier molecular flexibility index (Phi) is 5.00. The molecule has 124 valence electrons. The predicted molar refractivity (Wildman–Crippen MR) is 88.1 cm³/mol. The molecule has 23 heavy (non-hydrogen) atoms. The molecule has 8 heteroatoms. The molecule has 0 atom stereocenters. The van der Waals surface area contributed by atoms with Crippen molar-refractivity contribution >= 4 is 29.3 Å². The van der Waals surface area contributed by atoms with Crippen LogP contribution in [-0.2, 0) is 16.6 Å². The van der Waals surface area contributed by atoms with Gasteiger partial charge >= 0.3 is 0 Å². The Balaban J connectivity index is 1.45. The van der Waals surface area contributed by atoms with Crippen molar-refractivity contribution in [1.29, 1.82) is 0 Å². The lowest BCUT2D eigenvalue weighted by molar-refractivity contribution is -0.121. The molecule has 1 aliphatic heterocycles. The normalized spacial score (nSPS) is 24.7. The van der Waals surface area contributed by atoms with Crippen molar-refractivity contribution in [3.63, 3.8) is 0 Å². The molecule has 0 bridgehead atoms. The Morgan fingerprint density at radius 2 is 2.13 bits per heavy atom. The number of nitrogens with one attached hydrogen (secondary N) is 2. The maximum atomic E-state index is 12.1. The molecule has 1 fully saturated rings. The molecule has 2 heterocycles. The number of hydrazone groups is 1. The zero-order valence-electron chi connectivity index (χ0n) is 13.1. The number of amides is 2. The summed E-state index contributed by atoms with van der Waals surface area (Å²) in [6.07, 6.45) is 8.58. The summed E-state index contributed by atoms with van der Waals surface area (Å²) in [5.41, 5.74) is 2.79. The van der Waals surface area contributed by atoms with Crippen molar-refractivity contribution in [2.75, 3.05) is 0 Å². The van der Waals surface area contributed by atoms with E-state index in [9.17, 15) is 9.59 Å². The van der Waals surface area contributed by atoms with Gasteiger partial charge in [-0.2, -0.15) is 5.10 Å². The fraction of sp³-hybridized carbons (Fsp3) is 0.600. The van der Waals surface area contributed by atoms with Crippen molar-refractivity contribution < 1.29 is 9.59 Å². The second-order valence-electron chi connectivity index (χ2n) is 5.98. The van der Waals surface area contributed by atoms with Gasteiger partial charge in [0, 0.05) is 43.6 Å². The number of aryl methyl sites for hydroxylation is 1. The van der Waals surface area contributed by atoms with Gasteiger partial charge in [0.05, 0.1) is 0 Å². The maximum Gasteiger partial charge on any atom is 0.267 e. The van der Waals surface area contributed by atoms with Crippen LogP contribution in [0.25, 0.3) is 0 Å². The summed E-state index contributed by atoms with van der Waals surface area (Å²) in [6, 6.07) is 0.195. The van der Waals surface area contributed by atoms with E-state index < -0.39 is 0 Å². The number of aromatic nitrogens is 2. The fourth-order valence-electron chi connectivity index (χ4n) is 2.85. The first-order valence-electron chi connectivity index (χ1n) is 7.92. The van der Waals surface area contributed by atoms with Crippen molar-refractivity contribution in [3.05, 3.63) is 12.4 Å². The maximum absolute atomic E-state index is 12.1. The summed E-state index contributed by atoms with van der Waals surface area (Å²) in [5.74, 6) is -0.279. The van der Waals surface area contributed by atoms with E-state index in [0.29, 0.717) is 23.8 Å². The highest BCUT2D eigenvalue weighted by Crippen LogP contribution is 2.32. The highest BCUT2D eigenvalue weighted by atomic mass is 32.2. The minimum atomic E-state index is -0.148. The summed E-state index contributed by atoms with van der Waals surface area (Å²) in [7, 11) is 2.00. The summed E-state index contributed by atoms with van der Waals surface area (Å²) in [4.78, 5) is 27.5. The van der Waals surface area contributed by atoms with E-state index in [0.717, 1.165) is 30.8 Å². The Morgan fingerprint density at radius 1 is 1.35 bits per heavy atom. The van der Waals surface area contributed by atoms with Crippen LogP contribution < -0.4 is 10.7 Å². The topological polar surface area (TPSA) is 88.4 Å². The van der Waals surface area contributed by atoms with Crippen LogP contribution in [0.4, 0.5) is 0 Å². The van der Waals surface area contributed by atoms with Crippen LogP contribution >= 0.6 is 11.8 Å². The molecule has 0 aromatic carbocycles. The number of imidazole rings is 1. The Bertz CT molecular complexity index is 619. The van der Waals surface area contributed by atoms with Gasteiger partial charge in [0.1, 0.15) is 5.71 Å². The summed E-state index contributed by atoms with van der Waals surface area (Å²) < 4.78 is 2.04. The summed E-state index contributed by atoms with van der Waals surface area (Å²) >= 11 is 1.81. The van der Waals surface area contributed by atoms with Gasteiger partial charge < -0.3 is 9.88 Å². The standard InChI is InChI=1S/C15H21N5O2S/c1-20-9-8-16-15(20)23-11-4-2-10(3-5-11)17-14(22)12-6-7-13(21)19-18-12/h8-11H,2-7H2,1H3,(H,17,22)(H,19,21). The quantitative estimate of drug-likeness (QED) is 0.865. The molecule has 1 saturated carbocycles. The van der Waals surface area contributed by atoms with Crippen LogP contribution in [0.2, 0.25) is 0 Å². The first-order valence-corrected chi connectivity index (χ1v) is 8.80. The molecule has 2 N–H and O–H groups in total. The molecule has 0 unspecified atom stereocenters.